The molecule has 0 aliphatic heterocycles. The highest BCUT2D eigenvalue weighted by Gasteiger charge is 2.19. The SMILES string of the molecule is c1cc(-c2ccc(-c3c4ccccc4n4c3oc3ccccc34)cc2)cc(-c2cc(-c3ccc4ccccc4c3)nc(-c3ccc4ccccc4c3)n2)c1. The monoisotopic (exact) mass is 689 g/mol. The lowest BCUT2D eigenvalue weighted by atomic mass is 9.97. The fraction of sp³-hybridized carbons (Fsp3) is 0. The maximum atomic E-state index is 6.48. The Morgan fingerprint density at radius 1 is 0.370 bits per heavy atom. The number of para-hydroxylation sites is 3. The van der Waals surface area contributed by atoms with E-state index in [1.54, 1.807) is 0 Å². The number of aromatic nitrogens is 3. The Balaban J connectivity index is 1.01. The molecule has 0 radical (unpaired) electrons. The van der Waals surface area contributed by atoms with Crippen LogP contribution in [0, 0.1) is 0 Å². The predicted octanol–water partition coefficient (Wildman–Crippen LogP) is 13.3. The van der Waals surface area contributed by atoms with Crippen molar-refractivity contribution in [1.82, 2.24) is 14.4 Å². The summed E-state index contributed by atoms with van der Waals surface area (Å²) >= 11 is 0. The first-order valence-corrected chi connectivity index (χ1v) is 18.2. The van der Waals surface area contributed by atoms with Gasteiger partial charge in [0.2, 0.25) is 5.71 Å². The summed E-state index contributed by atoms with van der Waals surface area (Å²) in [5, 5.41) is 5.91. The number of benzene rings is 8. The molecular weight excluding hydrogens is 659 g/mol. The van der Waals surface area contributed by atoms with E-state index in [-0.39, 0.29) is 0 Å². The van der Waals surface area contributed by atoms with E-state index in [1.165, 1.54) is 21.5 Å². The molecule has 4 nitrogen and oxygen atoms in total. The zero-order chi connectivity index (χ0) is 35.6. The molecule has 0 N–H and O–H groups in total. The predicted molar refractivity (Wildman–Crippen MR) is 222 cm³/mol. The summed E-state index contributed by atoms with van der Waals surface area (Å²) in [5.74, 6) is 0.702. The number of oxazole rings is 1. The van der Waals surface area contributed by atoms with Crippen LogP contribution in [0.2, 0.25) is 0 Å². The van der Waals surface area contributed by atoms with Crippen molar-refractivity contribution in [3.05, 3.63) is 188 Å². The van der Waals surface area contributed by atoms with Gasteiger partial charge in [0.05, 0.1) is 28.0 Å². The van der Waals surface area contributed by atoms with Crippen molar-refractivity contribution in [2.75, 3.05) is 0 Å². The molecule has 0 aliphatic carbocycles. The van der Waals surface area contributed by atoms with Crippen molar-refractivity contribution in [3.8, 4) is 56.2 Å². The highest BCUT2D eigenvalue weighted by Crippen LogP contribution is 2.40. The molecule has 3 heterocycles. The van der Waals surface area contributed by atoms with E-state index in [0.717, 1.165) is 78.0 Å². The van der Waals surface area contributed by atoms with Gasteiger partial charge >= 0.3 is 0 Å². The molecule has 0 atom stereocenters. The summed E-state index contributed by atoms with van der Waals surface area (Å²) in [6, 6.07) is 66.2. The van der Waals surface area contributed by atoms with E-state index < -0.39 is 0 Å². The Morgan fingerprint density at radius 2 is 0.926 bits per heavy atom. The molecule has 11 aromatic rings. The molecule has 4 heteroatoms. The molecule has 0 unspecified atom stereocenters. The molecule has 54 heavy (non-hydrogen) atoms. The minimum Gasteiger partial charge on any atom is -0.438 e. The van der Waals surface area contributed by atoms with Crippen LogP contribution in [-0.2, 0) is 0 Å². The van der Waals surface area contributed by atoms with Gasteiger partial charge in [-0.3, -0.25) is 4.40 Å². The van der Waals surface area contributed by atoms with Crippen LogP contribution in [0.25, 0.3) is 105 Å². The highest BCUT2D eigenvalue weighted by molar-refractivity contribution is 6.07. The number of nitrogens with zero attached hydrogens (tertiary/aromatic N) is 3. The van der Waals surface area contributed by atoms with Crippen LogP contribution in [0.3, 0.4) is 0 Å². The molecule has 0 saturated carbocycles. The summed E-state index contributed by atoms with van der Waals surface area (Å²) in [6.45, 7) is 0. The molecule has 0 aliphatic rings. The molecule has 0 fully saturated rings. The van der Waals surface area contributed by atoms with Crippen LogP contribution in [-0.4, -0.2) is 14.4 Å². The van der Waals surface area contributed by atoms with E-state index in [1.807, 2.05) is 12.1 Å². The second-order valence-corrected chi connectivity index (χ2v) is 13.8. The largest absolute Gasteiger partial charge is 0.438 e. The highest BCUT2D eigenvalue weighted by atomic mass is 16.3. The van der Waals surface area contributed by atoms with Gasteiger partial charge in [-0.05, 0) is 80.7 Å². The summed E-state index contributed by atoms with van der Waals surface area (Å²) in [7, 11) is 0. The van der Waals surface area contributed by atoms with Crippen LogP contribution in [0.15, 0.2) is 192 Å². The summed E-state index contributed by atoms with van der Waals surface area (Å²) < 4.78 is 8.71. The van der Waals surface area contributed by atoms with Crippen LogP contribution < -0.4 is 0 Å². The van der Waals surface area contributed by atoms with Gasteiger partial charge in [-0.15, -0.1) is 0 Å². The summed E-state index contributed by atoms with van der Waals surface area (Å²) in [5.41, 5.74) is 13.3. The Morgan fingerprint density at radius 3 is 1.69 bits per heavy atom. The third-order valence-corrected chi connectivity index (χ3v) is 10.6. The fourth-order valence-electron chi connectivity index (χ4n) is 7.90. The average molecular weight is 690 g/mol. The van der Waals surface area contributed by atoms with Gasteiger partial charge < -0.3 is 4.42 Å². The Labute approximate surface area is 311 Å². The van der Waals surface area contributed by atoms with E-state index in [4.69, 9.17) is 14.4 Å². The van der Waals surface area contributed by atoms with Gasteiger partial charge in [-0.2, -0.15) is 0 Å². The molecule has 0 bridgehead atoms. The smallest absolute Gasteiger partial charge is 0.213 e. The van der Waals surface area contributed by atoms with E-state index in [2.05, 4.69) is 180 Å². The van der Waals surface area contributed by atoms with Crippen LogP contribution in [0.5, 0.6) is 0 Å². The topological polar surface area (TPSA) is 43.3 Å². The minimum atomic E-state index is 0.702. The zero-order valence-corrected chi connectivity index (χ0v) is 29.1. The molecule has 11 rings (SSSR count). The standard InChI is InChI=1S/C50H31N3O/c1-3-12-36-29-40(26-22-32(36)10-1)44-31-43(51-49(52-44)41-27-23-33-11-2-4-13-37(33)30-41)39-15-9-14-38(28-39)34-20-24-35(25-21-34)48-42-16-5-6-17-45(42)53-46-18-7-8-19-47(46)54-50(48)53/h1-31H. The molecule has 0 amide bonds. The molecule has 3 aromatic heterocycles. The van der Waals surface area contributed by atoms with Gasteiger partial charge in [0, 0.05) is 22.1 Å². The first kappa shape index (κ1) is 30.3. The third kappa shape index (κ3) is 5.00. The Hall–Kier alpha value is -7.30. The van der Waals surface area contributed by atoms with E-state index >= 15 is 0 Å². The third-order valence-electron chi connectivity index (χ3n) is 10.6. The van der Waals surface area contributed by atoms with Gasteiger partial charge in [0.25, 0.3) is 0 Å². The lowest BCUT2D eigenvalue weighted by Crippen LogP contribution is -1.96. The van der Waals surface area contributed by atoms with E-state index in [0.29, 0.717) is 5.82 Å². The van der Waals surface area contributed by atoms with Crippen molar-refractivity contribution in [3.63, 3.8) is 0 Å². The molecule has 8 aromatic carbocycles. The number of fused-ring (bicyclic) bond motifs is 7. The fourth-order valence-corrected chi connectivity index (χ4v) is 7.90. The molecule has 252 valence electrons. The van der Waals surface area contributed by atoms with Crippen molar-refractivity contribution in [2.24, 2.45) is 0 Å². The minimum absolute atomic E-state index is 0.702. The van der Waals surface area contributed by atoms with Gasteiger partial charge in [-0.25, -0.2) is 9.97 Å². The maximum Gasteiger partial charge on any atom is 0.213 e. The van der Waals surface area contributed by atoms with E-state index in [9.17, 15) is 0 Å². The van der Waals surface area contributed by atoms with Crippen LogP contribution in [0.4, 0.5) is 0 Å². The van der Waals surface area contributed by atoms with Crippen molar-refractivity contribution >= 4 is 49.3 Å². The van der Waals surface area contributed by atoms with Crippen LogP contribution >= 0.6 is 0 Å². The zero-order valence-electron chi connectivity index (χ0n) is 29.1. The Kier molecular flexibility index (Phi) is 6.82. The van der Waals surface area contributed by atoms with Crippen molar-refractivity contribution in [1.29, 1.82) is 0 Å². The maximum absolute atomic E-state index is 6.48. The number of hydrogen-bond acceptors (Lipinski definition) is 3. The number of hydrogen-bond donors (Lipinski definition) is 0. The van der Waals surface area contributed by atoms with Gasteiger partial charge in [-0.1, -0.05) is 146 Å². The first-order valence-electron chi connectivity index (χ1n) is 18.2. The quantitative estimate of drug-likeness (QED) is 0.181. The first-order chi connectivity index (χ1) is 26.7. The van der Waals surface area contributed by atoms with Crippen molar-refractivity contribution < 1.29 is 4.42 Å². The molecule has 0 spiro atoms. The normalized spacial score (nSPS) is 11.7. The average Bonchev–Trinajstić information content (AvgIpc) is 3.78. The lowest BCUT2D eigenvalue weighted by Gasteiger charge is -2.12. The van der Waals surface area contributed by atoms with Gasteiger partial charge in [0.1, 0.15) is 0 Å². The van der Waals surface area contributed by atoms with Gasteiger partial charge in [0.15, 0.2) is 11.4 Å². The summed E-state index contributed by atoms with van der Waals surface area (Å²) in [4.78, 5) is 10.4. The Bertz CT molecular complexity index is 3130. The molecule has 0 saturated heterocycles. The lowest BCUT2D eigenvalue weighted by molar-refractivity contribution is 0.658. The van der Waals surface area contributed by atoms with Crippen LogP contribution in [0.1, 0.15) is 0 Å². The second kappa shape index (κ2) is 12.1. The second-order valence-electron chi connectivity index (χ2n) is 13.8. The number of rotatable bonds is 5. The summed E-state index contributed by atoms with van der Waals surface area (Å²) in [6.07, 6.45) is 0. The molecular formula is C50H31N3O. The van der Waals surface area contributed by atoms with Crippen molar-refractivity contribution in [2.45, 2.75) is 0 Å².